The second kappa shape index (κ2) is 1.39. The summed E-state index contributed by atoms with van der Waals surface area (Å²) in [5.74, 6) is 5.61. The molecule has 4 aliphatic carbocycles. The van der Waals surface area contributed by atoms with Crippen LogP contribution in [0.25, 0.3) is 0 Å². The molecule has 11 heavy (non-hydrogen) atoms. The van der Waals surface area contributed by atoms with Crippen LogP contribution in [0.4, 0.5) is 0 Å². The van der Waals surface area contributed by atoms with E-state index in [-0.39, 0.29) is 6.10 Å². The van der Waals surface area contributed by atoms with Crippen LogP contribution in [0.5, 0.6) is 0 Å². The minimum Gasteiger partial charge on any atom is -0.393 e. The zero-order chi connectivity index (χ0) is 7.16. The third kappa shape index (κ3) is 0.547. The summed E-state index contributed by atoms with van der Waals surface area (Å²) in [5, 5.41) is 9.85. The molecule has 4 saturated carbocycles. The fraction of sp³-hybridized carbons (Fsp3) is 1.00. The van der Waals surface area contributed by atoms with E-state index in [4.69, 9.17) is 0 Å². The summed E-state index contributed by atoms with van der Waals surface area (Å²) in [7, 11) is 0. The van der Waals surface area contributed by atoms with E-state index in [2.05, 4.69) is 0 Å². The molecular weight excluding hydrogens is 136 g/mol. The molecule has 0 aromatic rings. The lowest BCUT2D eigenvalue weighted by atomic mass is 10.1. The third-order valence-corrected chi connectivity index (χ3v) is 4.65. The van der Waals surface area contributed by atoms with Crippen LogP contribution in [0.3, 0.4) is 0 Å². The Morgan fingerprint density at radius 3 is 1.55 bits per heavy atom. The molecule has 1 heteroatoms. The van der Waals surface area contributed by atoms with Gasteiger partial charge in [-0.1, -0.05) is 0 Å². The van der Waals surface area contributed by atoms with Crippen molar-refractivity contribution < 1.29 is 5.11 Å². The van der Waals surface area contributed by atoms with Gasteiger partial charge < -0.3 is 5.11 Å². The van der Waals surface area contributed by atoms with Crippen LogP contribution in [0.15, 0.2) is 0 Å². The van der Waals surface area contributed by atoms with Crippen molar-refractivity contribution in [3.8, 4) is 0 Å². The minimum atomic E-state index is 0.123. The van der Waals surface area contributed by atoms with Crippen LogP contribution in [0, 0.1) is 35.5 Å². The van der Waals surface area contributed by atoms with E-state index < -0.39 is 0 Å². The van der Waals surface area contributed by atoms with E-state index >= 15 is 0 Å². The maximum absolute atomic E-state index is 9.85. The Labute approximate surface area is 66.8 Å². The monoisotopic (exact) mass is 150 g/mol. The predicted molar refractivity (Wildman–Crippen MR) is 40.8 cm³/mol. The molecule has 0 aromatic carbocycles. The molecule has 0 heterocycles. The summed E-state index contributed by atoms with van der Waals surface area (Å²) in [6.07, 6.45) is 4.38. The zero-order valence-electron chi connectivity index (χ0n) is 6.61. The average molecular weight is 150 g/mol. The molecule has 0 aromatic heterocycles. The Kier molecular flexibility index (Phi) is 0.706. The van der Waals surface area contributed by atoms with Crippen molar-refractivity contribution in [2.45, 2.75) is 25.4 Å². The normalized spacial score (nSPS) is 75.5. The average Bonchev–Trinajstić information content (AvgIpc) is 2.81. The van der Waals surface area contributed by atoms with Gasteiger partial charge in [0.25, 0.3) is 0 Å². The van der Waals surface area contributed by atoms with E-state index in [9.17, 15) is 5.11 Å². The quantitative estimate of drug-likeness (QED) is 0.551. The van der Waals surface area contributed by atoms with E-state index in [1.807, 2.05) is 0 Å². The molecule has 0 saturated heterocycles. The van der Waals surface area contributed by atoms with Crippen molar-refractivity contribution in [1.29, 1.82) is 0 Å². The Bertz CT molecular complexity index is 199. The summed E-state index contributed by atoms with van der Waals surface area (Å²) in [4.78, 5) is 0. The largest absolute Gasteiger partial charge is 0.393 e. The van der Waals surface area contributed by atoms with Crippen LogP contribution in [-0.4, -0.2) is 11.2 Å². The van der Waals surface area contributed by atoms with Gasteiger partial charge in [0, 0.05) is 0 Å². The first-order chi connectivity index (χ1) is 5.36. The maximum Gasteiger partial charge on any atom is 0.0602 e. The summed E-state index contributed by atoms with van der Waals surface area (Å²) >= 11 is 0. The Hall–Kier alpha value is -0.0400. The Morgan fingerprint density at radius 2 is 1.00 bits per heavy atom. The first-order valence-corrected chi connectivity index (χ1v) is 5.04. The van der Waals surface area contributed by atoms with Crippen molar-refractivity contribution in [1.82, 2.24) is 0 Å². The maximum atomic E-state index is 9.85. The Morgan fingerprint density at radius 1 is 0.636 bits per heavy atom. The Balaban J connectivity index is 1.72. The minimum absolute atomic E-state index is 0.123. The van der Waals surface area contributed by atoms with Crippen LogP contribution in [0.2, 0.25) is 0 Å². The van der Waals surface area contributed by atoms with Gasteiger partial charge in [-0.05, 0) is 54.8 Å². The molecule has 7 atom stereocenters. The number of aliphatic hydroxyl groups excluding tert-OH is 1. The zero-order valence-corrected chi connectivity index (χ0v) is 6.61. The number of hydrogen-bond acceptors (Lipinski definition) is 1. The molecule has 0 spiro atoms. The highest BCUT2D eigenvalue weighted by Gasteiger charge is 2.68. The second-order valence-electron chi connectivity index (χ2n) is 5.18. The fourth-order valence-electron chi connectivity index (χ4n) is 3.78. The van der Waals surface area contributed by atoms with Crippen molar-refractivity contribution in [2.75, 3.05) is 0 Å². The van der Waals surface area contributed by atoms with Crippen molar-refractivity contribution in [3.63, 3.8) is 0 Å². The highest BCUT2D eigenvalue weighted by Crippen LogP contribution is 2.72. The summed E-state index contributed by atoms with van der Waals surface area (Å²) < 4.78 is 0. The fourth-order valence-corrected chi connectivity index (χ4v) is 3.78. The first kappa shape index (κ1) is 5.58. The van der Waals surface area contributed by atoms with Crippen molar-refractivity contribution in [2.24, 2.45) is 35.5 Å². The molecule has 4 aliphatic rings. The molecule has 0 radical (unpaired) electrons. The predicted octanol–water partition coefficient (Wildman–Crippen LogP) is 1.27. The van der Waals surface area contributed by atoms with Gasteiger partial charge in [0.2, 0.25) is 0 Å². The van der Waals surface area contributed by atoms with Crippen molar-refractivity contribution >= 4 is 0 Å². The van der Waals surface area contributed by atoms with Crippen LogP contribution in [-0.2, 0) is 0 Å². The topological polar surface area (TPSA) is 20.2 Å². The highest BCUT2D eigenvalue weighted by molar-refractivity contribution is 5.16. The second-order valence-corrected chi connectivity index (χ2v) is 5.18. The van der Waals surface area contributed by atoms with Gasteiger partial charge in [0.1, 0.15) is 0 Å². The molecule has 0 aliphatic heterocycles. The third-order valence-electron chi connectivity index (χ3n) is 4.65. The standard InChI is InChI=1S/C10H14O/c11-10-8-2-6(8)4-1-5(4)7-3-9(7)10/h4-11H,1-3H2/t4-,5+,6+,7-,8+,9-,10?. The summed E-state index contributed by atoms with van der Waals surface area (Å²) in [6, 6.07) is 0. The first-order valence-electron chi connectivity index (χ1n) is 5.04. The molecule has 0 amide bonds. The van der Waals surface area contributed by atoms with Gasteiger partial charge in [-0.15, -0.1) is 0 Å². The van der Waals surface area contributed by atoms with E-state index in [0.717, 1.165) is 35.5 Å². The van der Waals surface area contributed by atoms with Gasteiger partial charge in [0.15, 0.2) is 0 Å². The van der Waals surface area contributed by atoms with E-state index in [1.165, 1.54) is 19.3 Å². The lowest BCUT2D eigenvalue weighted by Gasteiger charge is -2.06. The number of fused-ring (bicyclic) bond motifs is 5. The summed E-state index contributed by atoms with van der Waals surface area (Å²) in [6.45, 7) is 0. The van der Waals surface area contributed by atoms with E-state index in [1.54, 1.807) is 0 Å². The van der Waals surface area contributed by atoms with Gasteiger partial charge in [-0.25, -0.2) is 0 Å². The van der Waals surface area contributed by atoms with Gasteiger partial charge in [0.05, 0.1) is 6.10 Å². The lowest BCUT2D eigenvalue weighted by molar-refractivity contribution is 0.118. The molecule has 4 fully saturated rings. The van der Waals surface area contributed by atoms with E-state index in [0.29, 0.717) is 0 Å². The molecular formula is C10H14O. The highest BCUT2D eigenvalue weighted by atomic mass is 16.3. The lowest BCUT2D eigenvalue weighted by Crippen LogP contribution is -2.13. The molecule has 1 N–H and O–H groups in total. The number of hydrogen-bond donors (Lipinski definition) is 1. The number of rotatable bonds is 0. The molecule has 60 valence electrons. The van der Waals surface area contributed by atoms with Crippen LogP contribution >= 0.6 is 0 Å². The van der Waals surface area contributed by atoms with Gasteiger partial charge in [-0.3, -0.25) is 0 Å². The molecule has 1 nitrogen and oxygen atoms in total. The van der Waals surface area contributed by atoms with Crippen LogP contribution in [0.1, 0.15) is 19.3 Å². The number of aliphatic hydroxyl groups is 1. The molecule has 4 rings (SSSR count). The molecule has 0 bridgehead atoms. The van der Waals surface area contributed by atoms with Crippen molar-refractivity contribution in [3.05, 3.63) is 0 Å². The molecule has 1 unspecified atom stereocenters. The SMILES string of the molecule is OC1[C@H]2C[C@H]2[C@@H]2C[C@@H]2[C@H]2C[C@@H]12. The smallest absolute Gasteiger partial charge is 0.0602 e. The van der Waals surface area contributed by atoms with Gasteiger partial charge in [-0.2, -0.15) is 0 Å². The van der Waals surface area contributed by atoms with Crippen LogP contribution < -0.4 is 0 Å². The summed E-state index contributed by atoms with van der Waals surface area (Å²) in [5.41, 5.74) is 0. The van der Waals surface area contributed by atoms with Gasteiger partial charge >= 0.3 is 0 Å².